The van der Waals surface area contributed by atoms with Crippen LogP contribution in [0.4, 0.5) is 0 Å². The van der Waals surface area contributed by atoms with Crippen LogP contribution in [0.25, 0.3) is 0 Å². The second-order valence-corrected chi connectivity index (χ2v) is 9.69. The Morgan fingerprint density at radius 2 is 1.73 bits per heavy atom. The maximum absolute atomic E-state index is 13.6. The van der Waals surface area contributed by atoms with E-state index in [2.05, 4.69) is 26.3 Å². The Morgan fingerprint density at radius 1 is 1.02 bits per heavy atom. The third kappa shape index (κ3) is 7.54. The maximum atomic E-state index is 13.6. The molecule has 2 heterocycles. The minimum atomic E-state index is -1.20. The maximum Gasteiger partial charge on any atom is 0.273 e. The number of nitrogens with one attached hydrogen (secondary N) is 4. The number of hydrogen-bond donors (Lipinski definition) is 5. The first-order valence-electron chi connectivity index (χ1n) is 13.2. The van der Waals surface area contributed by atoms with Gasteiger partial charge in [0.2, 0.25) is 17.7 Å². The van der Waals surface area contributed by atoms with Crippen LogP contribution in [-0.4, -0.2) is 58.5 Å². The molecule has 1 aromatic heterocycles. The summed E-state index contributed by atoms with van der Waals surface area (Å²) in [7, 11) is 0. The highest BCUT2D eigenvalue weighted by atomic mass is 16.3. The SMILES string of the molecule is C[C@@H](O)[C@@H]1NC(=O)c2coc(n2)[C@H](Cc2ccccc2)NC(=O)[C@@H](NC(=O)c2ccccc2)CCCCNC1=O. The second-order valence-electron chi connectivity index (χ2n) is 9.69. The summed E-state index contributed by atoms with van der Waals surface area (Å²) in [6.45, 7) is 1.66. The number of benzene rings is 2. The van der Waals surface area contributed by atoms with Gasteiger partial charge in [-0.25, -0.2) is 4.98 Å². The molecular weight excluding hydrogens is 514 g/mol. The van der Waals surface area contributed by atoms with Gasteiger partial charge in [-0.2, -0.15) is 0 Å². The van der Waals surface area contributed by atoms with E-state index in [9.17, 15) is 24.3 Å². The largest absolute Gasteiger partial charge is 0.446 e. The molecule has 5 N–H and O–H groups in total. The third-order valence-electron chi connectivity index (χ3n) is 6.58. The molecule has 0 radical (unpaired) electrons. The zero-order valence-electron chi connectivity index (χ0n) is 22.1. The van der Waals surface area contributed by atoms with Crippen LogP contribution in [0.3, 0.4) is 0 Å². The van der Waals surface area contributed by atoms with Crippen molar-refractivity contribution >= 4 is 23.6 Å². The Hall–Kier alpha value is -4.51. The molecule has 4 atom stereocenters. The van der Waals surface area contributed by atoms with Crippen LogP contribution in [0.15, 0.2) is 71.3 Å². The van der Waals surface area contributed by atoms with Crippen molar-refractivity contribution in [3.05, 3.63) is 89.6 Å². The van der Waals surface area contributed by atoms with E-state index in [1.165, 1.54) is 6.92 Å². The van der Waals surface area contributed by atoms with Crippen molar-refractivity contribution in [1.29, 1.82) is 0 Å². The van der Waals surface area contributed by atoms with Crippen LogP contribution in [0.1, 0.15) is 64.5 Å². The van der Waals surface area contributed by atoms with E-state index in [4.69, 9.17) is 4.42 Å². The molecule has 40 heavy (non-hydrogen) atoms. The number of aliphatic hydroxyl groups excluding tert-OH is 1. The van der Waals surface area contributed by atoms with E-state index in [1.807, 2.05) is 30.3 Å². The molecule has 1 aliphatic heterocycles. The molecule has 0 saturated heterocycles. The molecule has 3 aromatic rings. The van der Waals surface area contributed by atoms with E-state index in [-0.39, 0.29) is 18.1 Å². The molecule has 1 aliphatic rings. The van der Waals surface area contributed by atoms with E-state index < -0.39 is 47.9 Å². The van der Waals surface area contributed by atoms with Gasteiger partial charge in [-0.05, 0) is 43.9 Å². The summed E-state index contributed by atoms with van der Waals surface area (Å²) in [5, 5.41) is 21.1. The summed E-state index contributed by atoms with van der Waals surface area (Å²) < 4.78 is 5.62. The summed E-state index contributed by atoms with van der Waals surface area (Å²) in [5.74, 6) is -1.99. The zero-order chi connectivity index (χ0) is 28.5. The van der Waals surface area contributed by atoms with Crippen molar-refractivity contribution in [3.8, 4) is 0 Å². The topological polar surface area (TPSA) is 163 Å². The van der Waals surface area contributed by atoms with Crippen LogP contribution >= 0.6 is 0 Å². The normalized spacial score (nSPS) is 21.4. The van der Waals surface area contributed by atoms with E-state index in [0.717, 1.165) is 11.8 Å². The second kappa shape index (κ2) is 13.5. The Labute approximate surface area is 231 Å². The van der Waals surface area contributed by atoms with E-state index >= 15 is 0 Å². The number of rotatable bonds is 5. The molecule has 11 heteroatoms. The van der Waals surface area contributed by atoms with Gasteiger partial charge in [-0.15, -0.1) is 0 Å². The van der Waals surface area contributed by atoms with Crippen molar-refractivity contribution < 1.29 is 28.7 Å². The fourth-order valence-electron chi connectivity index (χ4n) is 4.39. The molecule has 4 rings (SSSR count). The van der Waals surface area contributed by atoms with Crippen molar-refractivity contribution in [2.75, 3.05) is 6.54 Å². The quantitative estimate of drug-likeness (QED) is 0.324. The van der Waals surface area contributed by atoms with Crippen LogP contribution in [-0.2, 0) is 16.0 Å². The highest BCUT2D eigenvalue weighted by Gasteiger charge is 2.30. The lowest BCUT2D eigenvalue weighted by molar-refractivity contribution is -0.125. The Morgan fingerprint density at radius 3 is 2.42 bits per heavy atom. The molecule has 0 unspecified atom stereocenters. The highest BCUT2D eigenvalue weighted by molar-refractivity contribution is 5.98. The molecule has 0 aliphatic carbocycles. The summed E-state index contributed by atoms with van der Waals surface area (Å²) in [5.41, 5.74) is 1.20. The first-order chi connectivity index (χ1) is 19.3. The number of aliphatic hydroxyl groups is 1. The summed E-state index contributed by atoms with van der Waals surface area (Å²) in [6.07, 6.45) is 1.62. The minimum absolute atomic E-state index is 0.0839. The average Bonchev–Trinajstić information content (AvgIpc) is 3.45. The molecule has 0 spiro atoms. The standard InChI is InChI=1S/C29H33N5O6/c1-18(35)24-28(39)30-15-9-8-14-21(31-25(36)20-12-6-3-7-13-20)26(37)32-22(16-19-10-4-2-5-11-19)29-33-23(17-40-29)27(38)34-24/h2-7,10-13,17-18,21-22,24,35H,8-9,14-16H2,1H3,(H,30,39)(H,31,36)(H,32,37)(H,34,38)/t18-,21+,22+,24+/m1/s1. The van der Waals surface area contributed by atoms with Crippen LogP contribution in [0.2, 0.25) is 0 Å². The van der Waals surface area contributed by atoms with Crippen LogP contribution in [0, 0.1) is 0 Å². The molecule has 2 aromatic carbocycles. The predicted molar refractivity (Wildman–Crippen MR) is 145 cm³/mol. The lowest BCUT2D eigenvalue weighted by Gasteiger charge is -2.23. The molecule has 0 fully saturated rings. The molecule has 11 nitrogen and oxygen atoms in total. The number of fused-ring (bicyclic) bond motifs is 2. The van der Waals surface area contributed by atoms with Gasteiger partial charge < -0.3 is 30.8 Å². The van der Waals surface area contributed by atoms with Gasteiger partial charge in [-0.1, -0.05) is 48.5 Å². The number of oxazole rings is 1. The van der Waals surface area contributed by atoms with Crippen LogP contribution in [0.5, 0.6) is 0 Å². The Kier molecular flexibility index (Phi) is 9.63. The Bertz CT molecular complexity index is 1310. The summed E-state index contributed by atoms with van der Waals surface area (Å²) in [6, 6.07) is 15.2. The summed E-state index contributed by atoms with van der Waals surface area (Å²) >= 11 is 0. The van der Waals surface area contributed by atoms with Gasteiger partial charge in [0.05, 0.1) is 6.10 Å². The van der Waals surface area contributed by atoms with Crippen LogP contribution < -0.4 is 21.3 Å². The lowest BCUT2D eigenvalue weighted by atomic mass is 10.0. The lowest BCUT2D eigenvalue weighted by Crippen LogP contribution is -2.52. The van der Waals surface area contributed by atoms with Crippen molar-refractivity contribution in [3.63, 3.8) is 0 Å². The number of carbonyl (C=O) groups is 4. The van der Waals surface area contributed by atoms with Gasteiger partial charge in [0.15, 0.2) is 5.69 Å². The smallest absolute Gasteiger partial charge is 0.273 e. The monoisotopic (exact) mass is 547 g/mol. The number of aromatic nitrogens is 1. The minimum Gasteiger partial charge on any atom is -0.446 e. The van der Waals surface area contributed by atoms with Gasteiger partial charge in [-0.3, -0.25) is 19.2 Å². The number of carbonyl (C=O) groups excluding carboxylic acids is 4. The first-order valence-corrected chi connectivity index (χ1v) is 13.2. The number of amides is 4. The van der Waals surface area contributed by atoms with Gasteiger partial charge in [0.1, 0.15) is 24.4 Å². The fourth-order valence-corrected chi connectivity index (χ4v) is 4.39. The molecule has 210 valence electrons. The average molecular weight is 548 g/mol. The third-order valence-corrected chi connectivity index (χ3v) is 6.58. The number of nitrogens with zero attached hydrogens (tertiary/aromatic N) is 1. The van der Waals surface area contributed by atoms with Gasteiger partial charge in [0.25, 0.3) is 11.8 Å². The first kappa shape index (κ1) is 28.5. The molecular formula is C29H33N5O6. The van der Waals surface area contributed by atoms with Gasteiger partial charge >= 0.3 is 0 Å². The van der Waals surface area contributed by atoms with E-state index in [0.29, 0.717) is 31.2 Å². The predicted octanol–water partition coefficient (Wildman–Crippen LogP) is 1.65. The van der Waals surface area contributed by atoms with Gasteiger partial charge in [0, 0.05) is 18.5 Å². The van der Waals surface area contributed by atoms with E-state index in [1.54, 1.807) is 30.3 Å². The molecule has 2 bridgehead atoms. The zero-order valence-corrected chi connectivity index (χ0v) is 22.1. The number of hydrogen-bond acceptors (Lipinski definition) is 7. The molecule has 4 amide bonds. The Balaban J connectivity index is 1.63. The summed E-state index contributed by atoms with van der Waals surface area (Å²) in [4.78, 5) is 56.3. The van der Waals surface area contributed by atoms with Crippen molar-refractivity contribution in [2.45, 2.75) is 56.8 Å². The fraction of sp³-hybridized carbons (Fsp3) is 0.345. The van der Waals surface area contributed by atoms with Crippen molar-refractivity contribution in [2.24, 2.45) is 0 Å². The highest BCUT2D eigenvalue weighted by Crippen LogP contribution is 2.20. The molecule has 0 saturated carbocycles. The van der Waals surface area contributed by atoms with Crippen molar-refractivity contribution in [1.82, 2.24) is 26.3 Å².